The third kappa shape index (κ3) is 3.94. The van der Waals surface area contributed by atoms with Gasteiger partial charge in [-0.2, -0.15) is 0 Å². The molecule has 2 saturated heterocycles. The van der Waals surface area contributed by atoms with Crippen LogP contribution in [-0.2, 0) is 0 Å². The van der Waals surface area contributed by atoms with Gasteiger partial charge in [0.25, 0.3) is 5.91 Å². The van der Waals surface area contributed by atoms with Crippen molar-refractivity contribution in [3.8, 4) is 5.75 Å². The zero-order valence-corrected chi connectivity index (χ0v) is 15.8. The molecule has 1 amide bonds. The van der Waals surface area contributed by atoms with Gasteiger partial charge in [0.2, 0.25) is 0 Å². The van der Waals surface area contributed by atoms with E-state index in [1.807, 2.05) is 17.0 Å². The van der Waals surface area contributed by atoms with E-state index in [2.05, 4.69) is 14.8 Å². The minimum atomic E-state index is -0.174. The van der Waals surface area contributed by atoms with Crippen LogP contribution in [0.25, 0.3) is 0 Å². The molecule has 6 nitrogen and oxygen atoms in total. The molecule has 0 unspecified atom stereocenters. The van der Waals surface area contributed by atoms with E-state index < -0.39 is 0 Å². The SMILES string of the molecule is O=C(c1ccc(O)cn1)N1CCC[C@@H](N2CCN(c3ccccc3F)CC2)C1. The highest BCUT2D eigenvalue weighted by Gasteiger charge is 2.31. The van der Waals surface area contributed by atoms with Crippen LogP contribution in [0.3, 0.4) is 0 Å². The molecule has 7 heteroatoms. The van der Waals surface area contributed by atoms with Crippen LogP contribution in [0.5, 0.6) is 5.75 Å². The van der Waals surface area contributed by atoms with Gasteiger partial charge >= 0.3 is 0 Å². The minimum Gasteiger partial charge on any atom is -0.506 e. The molecule has 148 valence electrons. The Morgan fingerprint density at radius 3 is 2.57 bits per heavy atom. The second kappa shape index (κ2) is 8.14. The van der Waals surface area contributed by atoms with Crippen LogP contribution in [0.1, 0.15) is 23.3 Å². The van der Waals surface area contributed by atoms with Crippen LogP contribution < -0.4 is 4.90 Å². The summed E-state index contributed by atoms with van der Waals surface area (Å²) in [4.78, 5) is 23.1. The summed E-state index contributed by atoms with van der Waals surface area (Å²) in [5.41, 5.74) is 1.03. The number of hydrogen-bond acceptors (Lipinski definition) is 5. The van der Waals surface area contributed by atoms with Gasteiger partial charge in [-0.3, -0.25) is 9.69 Å². The van der Waals surface area contributed by atoms with Crippen molar-refractivity contribution < 1.29 is 14.3 Å². The summed E-state index contributed by atoms with van der Waals surface area (Å²) in [6, 6.07) is 10.3. The number of hydrogen-bond donors (Lipinski definition) is 1. The Bertz CT molecular complexity index is 821. The molecule has 28 heavy (non-hydrogen) atoms. The highest BCUT2D eigenvalue weighted by molar-refractivity contribution is 5.92. The maximum Gasteiger partial charge on any atom is 0.272 e. The number of nitrogens with zero attached hydrogens (tertiary/aromatic N) is 4. The molecule has 0 radical (unpaired) electrons. The molecule has 2 aliphatic rings. The zero-order valence-electron chi connectivity index (χ0n) is 15.8. The second-order valence-electron chi connectivity index (χ2n) is 7.42. The Morgan fingerprint density at radius 1 is 1.07 bits per heavy atom. The molecule has 0 saturated carbocycles. The largest absolute Gasteiger partial charge is 0.506 e. The lowest BCUT2D eigenvalue weighted by molar-refractivity contribution is 0.0558. The van der Waals surface area contributed by atoms with E-state index in [0.717, 1.165) is 45.6 Å². The van der Waals surface area contributed by atoms with Crippen molar-refractivity contribution in [2.24, 2.45) is 0 Å². The Hall–Kier alpha value is -2.67. The standard InChI is InChI=1S/C21H25FN4O2/c22-18-5-1-2-6-20(18)25-12-10-24(11-13-25)16-4-3-9-26(15-16)21(28)19-8-7-17(27)14-23-19/h1-2,5-8,14,16,27H,3-4,9-13,15H2/t16-/m1/s1. The van der Waals surface area contributed by atoms with Crippen molar-refractivity contribution in [3.63, 3.8) is 0 Å². The Balaban J connectivity index is 1.36. The lowest BCUT2D eigenvalue weighted by Gasteiger charge is -2.43. The summed E-state index contributed by atoms with van der Waals surface area (Å²) < 4.78 is 14.0. The number of amides is 1. The van der Waals surface area contributed by atoms with Gasteiger partial charge in [0.1, 0.15) is 17.3 Å². The Kier molecular flexibility index (Phi) is 5.43. The molecule has 1 aromatic carbocycles. The number of anilines is 1. The van der Waals surface area contributed by atoms with E-state index >= 15 is 0 Å². The molecule has 0 aliphatic carbocycles. The summed E-state index contributed by atoms with van der Waals surface area (Å²) in [6.45, 7) is 4.70. The van der Waals surface area contributed by atoms with Crippen molar-refractivity contribution in [2.45, 2.75) is 18.9 Å². The first-order valence-electron chi connectivity index (χ1n) is 9.79. The lowest BCUT2D eigenvalue weighted by atomic mass is 10.0. The number of halogens is 1. The van der Waals surface area contributed by atoms with Gasteiger partial charge < -0.3 is 14.9 Å². The maximum absolute atomic E-state index is 14.0. The second-order valence-corrected chi connectivity index (χ2v) is 7.42. The molecule has 0 bridgehead atoms. The predicted molar refractivity (Wildman–Crippen MR) is 105 cm³/mol. The summed E-state index contributed by atoms with van der Waals surface area (Å²) in [5.74, 6) is -0.206. The number of rotatable bonds is 3. The van der Waals surface area contributed by atoms with Crippen LogP contribution >= 0.6 is 0 Å². The fraction of sp³-hybridized carbons (Fsp3) is 0.429. The number of aromatic hydroxyl groups is 1. The summed E-state index contributed by atoms with van der Waals surface area (Å²) in [5, 5.41) is 9.36. The summed E-state index contributed by atoms with van der Waals surface area (Å²) in [7, 11) is 0. The number of benzene rings is 1. The molecule has 2 aromatic rings. The van der Waals surface area contributed by atoms with Gasteiger partial charge in [-0.05, 0) is 37.1 Å². The molecule has 1 N–H and O–H groups in total. The van der Waals surface area contributed by atoms with Crippen LogP contribution in [0.4, 0.5) is 10.1 Å². The van der Waals surface area contributed by atoms with E-state index in [-0.39, 0.29) is 17.5 Å². The summed E-state index contributed by atoms with van der Waals surface area (Å²) >= 11 is 0. The number of carbonyl (C=O) groups is 1. The fourth-order valence-electron chi connectivity index (χ4n) is 4.15. The normalized spacial score (nSPS) is 21.0. The predicted octanol–water partition coefficient (Wildman–Crippen LogP) is 2.35. The Morgan fingerprint density at radius 2 is 1.86 bits per heavy atom. The average Bonchev–Trinajstić information content (AvgIpc) is 2.74. The number of piperazine rings is 1. The smallest absolute Gasteiger partial charge is 0.272 e. The van der Waals surface area contributed by atoms with Crippen LogP contribution in [0.15, 0.2) is 42.6 Å². The first kappa shape index (κ1) is 18.7. The van der Waals surface area contributed by atoms with Crippen LogP contribution in [0.2, 0.25) is 0 Å². The molecule has 2 aliphatic heterocycles. The van der Waals surface area contributed by atoms with Gasteiger partial charge in [0, 0.05) is 45.3 Å². The number of piperidine rings is 1. The molecule has 1 aromatic heterocycles. The molecule has 0 spiro atoms. The minimum absolute atomic E-state index is 0.0563. The van der Waals surface area contributed by atoms with Crippen LogP contribution in [-0.4, -0.2) is 71.1 Å². The number of aromatic nitrogens is 1. The lowest BCUT2D eigenvalue weighted by Crippen LogP contribution is -2.56. The molecule has 4 rings (SSSR count). The van der Waals surface area contributed by atoms with E-state index in [0.29, 0.717) is 24.0 Å². The molecule has 1 atom stereocenters. The summed E-state index contributed by atoms with van der Waals surface area (Å²) in [6.07, 6.45) is 3.32. The van der Waals surface area contributed by atoms with E-state index in [9.17, 15) is 14.3 Å². The molecular formula is C21H25FN4O2. The molecular weight excluding hydrogens is 359 g/mol. The van der Waals surface area contributed by atoms with E-state index in [1.165, 1.54) is 18.3 Å². The Labute approximate surface area is 164 Å². The monoisotopic (exact) mass is 384 g/mol. The van der Waals surface area contributed by atoms with E-state index in [1.54, 1.807) is 12.1 Å². The van der Waals surface area contributed by atoms with Gasteiger partial charge in [-0.1, -0.05) is 12.1 Å². The maximum atomic E-state index is 14.0. The highest BCUT2D eigenvalue weighted by Crippen LogP contribution is 2.23. The fourth-order valence-corrected chi connectivity index (χ4v) is 4.15. The van der Waals surface area contributed by atoms with Crippen molar-refractivity contribution in [2.75, 3.05) is 44.2 Å². The van der Waals surface area contributed by atoms with Gasteiger partial charge in [0.15, 0.2) is 0 Å². The van der Waals surface area contributed by atoms with E-state index in [4.69, 9.17) is 0 Å². The number of carbonyl (C=O) groups excluding carboxylic acids is 1. The zero-order chi connectivity index (χ0) is 19.5. The quantitative estimate of drug-likeness (QED) is 0.880. The molecule has 3 heterocycles. The highest BCUT2D eigenvalue weighted by atomic mass is 19.1. The van der Waals surface area contributed by atoms with Crippen LogP contribution in [0, 0.1) is 5.82 Å². The molecule has 2 fully saturated rings. The first-order chi connectivity index (χ1) is 13.6. The van der Waals surface area contributed by atoms with Gasteiger partial charge in [-0.15, -0.1) is 0 Å². The topological polar surface area (TPSA) is 59.9 Å². The number of likely N-dealkylation sites (tertiary alicyclic amines) is 1. The average molecular weight is 384 g/mol. The van der Waals surface area contributed by atoms with Crippen molar-refractivity contribution in [1.82, 2.24) is 14.8 Å². The van der Waals surface area contributed by atoms with Crippen molar-refractivity contribution in [1.29, 1.82) is 0 Å². The first-order valence-corrected chi connectivity index (χ1v) is 9.79. The third-order valence-corrected chi connectivity index (χ3v) is 5.67. The number of pyridine rings is 1. The van der Waals surface area contributed by atoms with Gasteiger partial charge in [0.05, 0.1) is 11.9 Å². The number of para-hydroxylation sites is 1. The van der Waals surface area contributed by atoms with Gasteiger partial charge in [-0.25, -0.2) is 9.37 Å². The van der Waals surface area contributed by atoms with Crippen molar-refractivity contribution >= 4 is 11.6 Å². The van der Waals surface area contributed by atoms with Crippen molar-refractivity contribution in [3.05, 3.63) is 54.1 Å². The third-order valence-electron chi connectivity index (χ3n) is 5.67.